The van der Waals surface area contributed by atoms with Gasteiger partial charge in [0.2, 0.25) is 0 Å². The van der Waals surface area contributed by atoms with E-state index in [1.165, 1.54) is 13.3 Å². The first kappa shape index (κ1) is 13.6. The van der Waals surface area contributed by atoms with Gasteiger partial charge in [-0.1, -0.05) is 0 Å². The molecule has 5 nitrogen and oxygen atoms in total. The Morgan fingerprint density at radius 1 is 1.47 bits per heavy atom. The first-order valence-electron chi connectivity index (χ1n) is 4.90. The van der Waals surface area contributed by atoms with E-state index in [1.807, 2.05) is 0 Å². The Morgan fingerprint density at radius 2 is 2.12 bits per heavy atom. The Morgan fingerprint density at radius 3 is 2.65 bits per heavy atom. The van der Waals surface area contributed by atoms with Crippen LogP contribution >= 0.6 is 15.9 Å². The van der Waals surface area contributed by atoms with Crippen LogP contribution in [0, 0.1) is 0 Å². The first-order chi connectivity index (χ1) is 7.88. The number of ether oxygens (including phenoxy) is 1. The minimum Gasteiger partial charge on any atom is -0.467 e. The topological polar surface area (TPSA) is 68.3 Å². The maximum atomic E-state index is 11.9. The van der Waals surface area contributed by atoms with Gasteiger partial charge in [-0.25, -0.2) is 9.78 Å². The molecule has 0 bridgehead atoms. The number of halogens is 1. The van der Waals surface area contributed by atoms with Crippen molar-refractivity contribution in [1.29, 1.82) is 0 Å². The van der Waals surface area contributed by atoms with E-state index >= 15 is 0 Å². The Labute approximate surface area is 108 Å². The van der Waals surface area contributed by atoms with Crippen LogP contribution in [0.2, 0.25) is 0 Å². The molecule has 0 unspecified atom stereocenters. The van der Waals surface area contributed by atoms with Crippen LogP contribution in [0.4, 0.5) is 0 Å². The van der Waals surface area contributed by atoms with Gasteiger partial charge < -0.3 is 10.1 Å². The molecule has 0 radical (unpaired) electrons. The number of carbonyl (C=O) groups is 2. The highest BCUT2D eigenvalue weighted by Crippen LogP contribution is 2.14. The summed E-state index contributed by atoms with van der Waals surface area (Å²) >= 11 is 3.22. The van der Waals surface area contributed by atoms with Crippen LogP contribution in [0.25, 0.3) is 0 Å². The summed E-state index contributed by atoms with van der Waals surface area (Å²) in [5.41, 5.74) is -0.868. The van der Waals surface area contributed by atoms with Crippen molar-refractivity contribution in [3.63, 3.8) is 0 Å². The number of rotatable bonds is 3. The lowest BCUT2D eigenvalue weighted by atomic mass is 10.1. The number of amides is 1. The Bertz CT molecular complexity index is 446. The number of nitrogens with zero attached hydrogens (tertiary/aromatic N) is 1. The summed E-state index contributed by atoms with van der Waals surface area (Å²) in [6.07, 6.45) is 1.50. The molecule has 0 atom stereocenters. The van der Waals surface area contributed by atoms with E-state index in [9.17, 15) is 9.59 Å². The van der Waals surface area contributed by atoms with Gasteiger partial charge in [-0.15, -0.1) is 0 Å². The highest BCUT2D eigenvalue weighted by molar-refractivity contribution is 9.10. The summed E-state index contributed by atoms with van der Waals surface area (Å²) in [7, 11) is 1.27. The van der Waals surface area contributed by atoms with Crippen molar-refractivity contribution in [2.24, 2.45) is 0 Å². The van der Waals surface area contributed by atoms with Gasteiger partial charge in [-0.3, -0.25) is 4.79 Å². The molecule has 17 heavy (non-hydrogen) atoms. The molecule has 1 rings (SSSR count). The molecule has 1 aromatic heterocycles. The van der Waals surface area contributed by atoms with E-state index in [0.29, 0.717) is 4.47 Å². The number of hydrogen-bond acceptors (Lipinski definition) is 4. The number of hydrogen-bond donors (Lipinski definition) is 1. The molecule has 1 N–H and O–H groups in total. The normalized spacial score (nSPS) is 10.8. The molecule has 6 heteroatoms. The van der Waals surface area contributed by atoms with E-state index in [-0.39, 0.29) is 5.69 Å². The molecule has 1 heterocycles. The maximum Gasteiger partial charge on any atom is 0.330 e. The largest absolute Gasteiger partial charge is 0.467 e. The van der Waals surface area contributed by atoms with E-state index in [4.69, 9.17) is 0 Å². The van der Waals surface area contributed by atoms with Crippen molar-refractivity contribution in [1.82, 2.24) is 10.3 Å². The molecular weight excluding hydrogens is 288 g/mol. The van der Waals surface area contributed by atoms with Crippen molar-refractivity contribution >= 4 is 27.8 Å². The second-order valence-corrected chi connectivity index (χ2v) is 4.76. The summed E-state index contributed by atoms with van der Waals surface area (Å²) < 4.78 is 5.16. The SMILES string of the molecule is COC(=O)C(C)(C)NC(=O)c1ncccc1Br. The van der Waals surface area contributed by atoms with E-state index in [1.54, 1.807) is 26.0 Å². The zero-order valence-corrected chi connectivity index (χ0v) is 11.4. The van der Waals surface area contributed by atoms with Crippen LogP contribution in [0.5, 0.6) is 0 Å². The highest BCUT2D eigenvalue weighted by atomic mass is 79.9. The van der Waals surface area contributed by atoms with Gasteiger partial charge in [0.25, 0.3) is 5.91 Å². The van der Waals surface area contributed by atoms with Crippen LogP contribution in [0.15, 0.2) is 22.8 Å². The Hall–Kier alpha value is -1.43. The van der Waals surface area contributed by atoms with E-state index in [0.717, 1.165) is 0 Å². The smallest absolute Gasteiger partial charge is 0.330 e. The quantitative estimate of drug-likeness (QED) is 0.860. The number of nitrogens with one attached hydrogen (secondary N) is 1. The maximum absolute atomic E-state index is 11.9. The van der Waals surface area contributed by atoms with Gasteiger partial charge in [0.05, 0.1) is 7.11 Å². The number of methoxy groups -OCH3 is 1. The van der Waals surface area contributed by atoms with Crippen LogP contribution in [0.3, 0.4) is 0 Å². The van der Waals surface area contributed by atoms with Crippen molar-refractivity contribution in [2.75, 3.05) is 7.11 Å². The lowest BCUT2D eigenvalue weighted by molar-refractivity contribution is -0.146. The van der Waals surface area contributed by atoms with Gasteiger partial charge in [0, 0.05) is 10.7 Å². The van der Waals surface area contributed by atoms with Gasteiger partial charge in [-0.2, -0.15) is 0 Å². The van der Waals surface area contributed by atoms with Crippen LogP contribution in [-0.4, -0.2) is 29.5 Å². The average Bonchev–Trinajstić information content (AvgIpc) is 2.27. The molecule has 0 aliphatic carbocycles. The molecule has 0 aliphatic rings. The second kappa shape index (κ2) is 5.27. The number of pyridine rings is 1. The van der Waals surface area contributed by atoms with Crippen LogP contribution in [-0.2, 0) is 9.53 Å². The monoisotopic (exact) mass is 300 g/mol. The molecule has 0 aliphatic heterocycles. The predicted molar refractivity (Wildman–Crippen MR) is 65.5 cm³/mol. The van der Waals surface area contributed by atoms with Gasteiger partial charge in [-0.05, 0) is 41.9 Å². The van der Waals surface area contributed by atoms with Gasteiger partial charge in [0.1, 0.15) is 11.2 Å². The summed E-state index contributed by atoms with van der Waals surface area (Å²) in [6.45, 7) is 3.13. The molecule has 1 aromatic rings. The fourth-order valence-corrected chi connectivity index (χ4v) is 1.64. The first-order valence-corrected chi connectivity index (χ1v) is 5.69. The standard InChI is InChI=1S/C11H13BrN2O3/c1-11(2,10(16)17-3)14-9(15)8-7(12)5-4-6-13-8/h4-6H,1-3H3,(H,14,15). The summed E-state index contributed by atoms with van der Waals surface area (Å²) in [5.74, 6) is -0.953. The minimum absolute atomic E-state index is 0.226. The summed E-state index contributed by atoms with van der Waals surface area (Å²) in [6, 6.07) is 3.40. The van der Waals surface area contributed by atoms with Crippen molar-refractivity contribution in [2.45, 2.75) is 19.4 Å². The minimum atomic E-state index is -1.09. The fourth-order valence-electron chi connectivity index (χ4n) is 1.20. The summed E-state index contributed by atoms with van der Waals surface area (Å²) in [4.78, 5) is 27.2. The molecule has 0 fully saturated rings. The molecule has 0 saturated heterocycles. The third-order valence-corrected chi connectivity index (χ3v) is 2.74. The van der Waals surface area contributed by atoms with Crippen molar-refractivity contribution in [3.8, 4) is 0 Å². The van der Waals surface area contributed by atoms with Gasteiger partial charge in [0.15, 0.2) is 0 Å². The Balaban J connectivity index is 2.87. The predicted octanol–water partition coefficient (Wildman–Crippen LogP) is 1.53. The molecule has 0 saturated carbocycles. The average molecular weight is 301 g/mol. The number of carbonyl (C=O) groups excluding carboxylic acids is 2. The number of aromatic nitrogens is 1. The lowest BCUT2D eigenvalue weighted by Crippen LogP contribution is -2.50. The molecular formula is C11H13BrN2O3. The zero-order chi connectivity index (χ0) is 13.1. The van der Waals surface area contributed by atoms with E-state index < -0.39 is 17.4 Å². The number of esters is 1. The molecule has 92 valence electrons. The Kier molecular flexibility index (Phi) is 4.22. The third kappa shape index (κ3) is 3.26. The van der Waals surface area contributed by atoms with Crippen LogP contribution < -0.4 is 5.32 Å². The molecule has 0 aromatic carbocycles. The molecule has 0 spiro atoms. The summed E-state index contributed by atoms with van der Waals surface area (Å²) in [5, 5.41) is 2.56. The van der Waals surface area contributed by atoms with Gasteiger partial charge >= 0.3 is 5.97 Å². The highest BCUT2D eigenvalue weighted by Gasteiger charge is 2.31. The molecule has 1 amide bonds. The third-order valence-electron chi connectivity index (χ3n) is 2.10. The van der Waals surface area contributed by atoms with Crippen LogP contribution in [0.1, 0.15) is 24.3 Å². The lowest BCUT2D eigenvalue weighted by Gasteiger charge is -2.22. The fraction of sp³-hybridized carbons (Fsp3) is 0.364. The van der Waals surface area contributed by atoms with E-state index in [2.05, 4.69) is 31.0 Å². The van der Waals surface area contributed by atoms with Crippen molar-refractivity contribution < 1.29 is 14.3 Å². The second-order valence-electron chi connectivity index (χ2n) is 3.90. The van der Waals surface area contributed by atoms with Crippen molar-refractivity contribution in [3.05, 3.63) is 28.5 Å². The zero-order valence-electron chi connectivity index (χ0n) is 9.78.